The predicted octanol–water partition coefficient (Wildman–Crippen LogP) is 3.38. The van der Waals surface area contributed by atoms with Gasteiger partial charge in [-0.1, -0.05) is 0 Å². The van der Waals surface area contributed by atoms with Crippen LogP contribution >= 0.6 is 0 Å². The molecule has 0 amide bonds. The maximum atomic E-state index is 12.8. The van der Waals surface area contributed by atoms with Gasteiger partial charge in [-0.25, -0.2) is 14.1 Å². The average Bonchev–Trinajstić information content (AvgIpc) is 3.22. The van der Waals surface area contributed by atoms with Gasteiger partial charge in [-0.05, 0) is 55.4 Å². The molecule has 1 fully saturated rings. The van der Waals surface area contributed by atoms with E-state index in [1.54, 1.807) is 19.5 Å². The molecule has 3 heterocycles. The van der Waals surface area contributed by atoms with E-state index in [-0.39, 0.29) is 18.8 Å². The van der Waals surface area contributed by atoms with E-state index in [2.05, 4.69) is 32.4 Å². The van der Waals surface area contributed by atoms with Gasteiger partial charge in [0.1, 0.15) is 12.4 Å². The third kappa shape index (κ3) is 4.14. The maximum Gasteiger partial charge on any atom is 0.229 e. The highest BCUT2D eigenvalue weighted by Gasteiger charge is 2.24. The first-order chi connectivity index (χ1) is 15.6. The molecular weight excluding hydrogens is 411 g/mol. The number of methoxy groups -OCH3 is 1. The van der Waals surface area contributed by atoms with E-state index in [0.717, 1.165) is 67.7 Å². The van der Waals surface area contributed by atoms with Crippen LogP contribution in [0.1, 0.15) is 42.9 Å². The summed E-state index contributed by atoms with van der Waals surface area (Å²) < 4.78 is 20.4. The Morgan fingerprint density at radius 1 is 1.19 bits per heavy atom. The molecule has 3 aromatic rings. The van der Waals surface area contributed by atoms with Crippen molar-refractivity contribution < 1.29 is 14.2 Å². The molecule has 1 aromatic carbocycles. The van der Waals surface area contributed by atoms with E-state index in [4.69, 9.17) is 9.72 Å². The molecule has 1 saturated carbocycles. The smallest absolute Gasteiger partial charge is 0.229 e. The summed E-state index contributed by atoms with van der Waals surface area (Å²) in [5.74, 6) is 1.21. The molecule has 1 aliphatic carbocycles. The van der Waals surface area contributed by atoms with Crippen molar-refractivity contribution in [1.29, 1.82) is 0 Å². The van der Waals surface area contributed by atoms with Crippen LogP contribution in [0.25, 0.3) is 11.0 Å². The molecule has 9 heteroatoms. The number of ether oxygens (including phenoxy) is 1. The molecule has 0 spiro atoms. The van der Waals surface area contributed by atoms with Crippen molar-refractivity contribution in [2.24, 2.45) is 0 Å². The first-order valence-electron chi connectivity index (χ1n) is 11.3. The zero-order valence-corrected chi connectivity index (χ0v) is 18.3. The summed E-state index contributed by atoms with van der Waals surface area (Å²) in [5.41, 5.74) is 3.98. The normalized spacial score (nSPS) is 21.5. The van der Waals surface area contributed by atoms with Gasteiger partial charge in [0.05, 0.1) is 36.5 Å². The minimum Gasteiger partial charge on any atom is -0.495 e. The molecule has 2 N–H and O–H groups in total. The van der Waals surface area contributed by atoms with Crippen LogP contribution in [0.15, 0.2) is 24.5 Å². The summed E-state index contributed by atoms with van der Waals surface area (Å²) in [5, 5.41) is 18.6. The minimum absolute atomic E-state index is 0.211. The van der Waals surface area contributed by atoms with Crippen LogP contribution in [-0.4, -0.2) is 62.7 Å². The second-order valence-electron chi connectivity index (χ2n) is 8.69. The fourth-order valence-corrected chi connectivity index (χ4v) is 4.81. The number of rotatable bonds is 6. The number of hydrogen-bond acceptors (Lipinski definition) is 7. The second-order valence-corrected chi connectivity index (χ2v) is 8.69. The van der Waals surface area contributed by atoms with Gasteiger partial charge in [0.2, 0.25) is 5.95 Å². The molecular formula is C23H29FN6O2. The number of alkyl halides is 1. The van der Waals surface area contributed by atoms with Crippen LogP contribution in [0.5, 0.6) is 5.75 Å². The molecule has 2 aromatic heterocycles. The third-order valence-corrected chi connectivity index (χ3v) is 6.61. The molecule has 1 aliphatic heterocycles. The van der Waals surface area contributed by atoms with E-state index in [1.807, 2.05) is 4.68 Å². The van der Waals surface area contributed by atoms with Crippen molar-refractivity contribution >= 4 is 22.7 Å². The van der Waals surface area contributed by atoms with Crippen LogP contribution in [0.3, 0.4) is 0 Å². The highest BCUT2D eigenvalue weighted by atomic mass is 19.1. The van der Waals surface area contributed by atoms with E-state index in [9.17, 15) is 9.50 Å². The summed E-state index contributed by atoms with van der Waals surface area (Å²) in [6.45, 7) is 1.70. The lowest BCUT2D eigenvalue weighted by molar-refractivity contribution is 0.109. The van der Waals surface area contributed by atoms with Crippen LogP contribution < -0.4 is 10.1 Å². The topological polar surface area (TPSA) is 88.3 Å². The van der Waals surface area contributed by atoms with Crippen LogP contribution in [-0.2, 0) is 13.0 Å². The maximum absolute atomic E-state index is 12.8. The number of aliphatic hydroxyl groups is 1. The number of anilines is 2. The van der Waals surface area contributed by atoms with Gasteiger partial charge in [-0.15, -0.1) is 0 Å². The van der Waals surface area contributed by atoms with Crippen molar-refractivity contribution in [3.8, 4) is 5.75 Å². The van der Waals surface area contributed by atoms with E-state index in [0.29, 0.717) is 12.5 Å². The molecule has 0 saturated heterocycles. The van der Waals surface area contributed by atoms with E-state index in [1.165, 1.54) is 11.1 Å². The quantitative estimate of drug-likeness (QED) is 0.607. The number of hydrogen-bond donors (Lipinski definition) is 2. The van der Waals surface area contributed by atoms with Crippen molar-refractivity contribution in [2.45, 2.75) is 50.8 Å². The summed E-state index contributed by atoms with van der Waals surface area (Å²) in [6.07, 6.45) is 7.59. The van der Waals surface area contributed by atoms with Crippen molar-refractivity contribution in [3.63, 3.8) is 0 Å². The Hall–Kier alpha value is -2.78. The van der Waals surface area contributed by atoms with Gasteiger partial charge in [-0.2, -0.15) is 10.1 Å². The zero-order chi connectivity index (χ0) is 22.1. The lowest BCUT2D eigenvalue weighted by Gasteiger charge is -2.29. The Morgan fingerprint density at radius 3 is 2.81 bits per heavy atom. The largest absolute Gasteiger partial charge is 0.495 e. The Labute approximate surface area is 186 Å². The van der Waals surface area contributed by atoms with Crippen molar-refractivity contribution in [1.82, 2.24) is 24.6 Å². The number of benzene rings is 1. The Balaban J connectivity index is 1.43. The number of aliphatic hydroxyl groups excluding tert-OH is 1. The minimum atomic E-state index is -0.335. The molecule has 2 aliphatic rings. The summed E-state index contributed by atoms with van der Waals surface area (Å²) in [6, 6.07) is 4.35. The molecule has 170 valence electrons. The molecule has 8 nitrogen and oxygen atoms in total. The van der Waals surface area contributed by atoms with Crippen molar-refractivity contribution in [3.05, 3.63) is 35.7 Å². The highest BCUT2D eigenvalue weighted by Crippen LogP contribution is 2.34. The van der Waals surface area contributed by atoms with Crippen LogP contribution in [0.2, 0.25) is 0 Å². The summed E-state index contributed by atoms with van der Waals surface area (Å²) >= 11 is 0. The fraction of sp³-hybridized carbons (Fsp3) is 0.522. The van der Waals surface area contributed by atoms with E-state index >= 15 is 0 Å². The number of nitrogens with zero attached hydrogens (tertiary/aromatic N) is 5. The number of nitrogens with one attached hydrogen (secondary N) is 1. The van der Waals surface area contributed by atoms with Crippen molar-refractivity contribution in [2.75, 3.05) is 32.2 Å². The van der Waals surface area contributed by atoms with Gasteiger partial charge in [0.15, 0.2) is 5.65 Å². The fourth-order valence-electron chi connectivity index (χ4n) is 4.81. The predicted molar refractivity (Wildman–Crippen MR) is 120 cm³/mol. The average molecular weight is 441 g/mol. The number of fused-ring (bicyclic) bond motifs is 2. The molecule has 0 unspecified atom stereocenters. The molecule has 5 rings (SSSR count). The summed E-state index contributed by atoms with van der Waals surface area (Å²) in [4.78, 5) is 11.4. The highest BCUT2D eigenvalue weighted by molar-refractivity contribution is 5.76. The van der Waals surface area contributed by atoms with Gasteiger partial charge >= 0.3 is 0 Å². The molecule has 0 atom stereocenters. The van der Waals surface area contributed by atoms with Crippen LogP contribution in [0.4, 0.5) is 16.0 Å². The number of aromatic nitrogens is 4. The lowest BCUT2D eigenvalue weighted by Crippen LogP contribution is -2.32. The second kappa shape index (κ2) is 8.99. The standard InChI is InChI=1S/C23H29FN6O2/c1-32-21-11-15-6-8-29(9-7-24)14-16(15)10-20(21)27-23-25-12-17-13-26-30(22(17)28-23)18-2-4-19(31)5-3-18/h10-13,18-19,31H,2-9,14H2,1H3,(H,25,27,28). The summed E-state index contributed by atoms with van der Waals surface area (Å²) in [7, 11) is 1.65. The Bertz CT molecular complexity index is 1100. The zero-order valence-electron chi connectivity index (χ0n) is 18.3. The first kappa shape index (κ1) is 21.1. The Kier molecular flexibility index (Phi) is 5.93. The first-order valence-corrected chi connectivity index (χ1v) is 11.3. The Morgan fingerprint density at radius 2 is 2.03 bits per heavy atom. The van der Waals surface area contributed by atoms with Gasteiger partial charge < -0.3 is 15.2 Å². The SMILES string of the molecule is COc1cc2c(cc1Nc1ncc3cnn(C4CCC(O)CC4)c3n1)CN(CCF)CC2. The molecule has 0 radical (unpaired) electrons. The van der Waals surface area contributed by atoms with Gasteiger partial charge in [0, 0.05) is 25.8 Å². The monoisotopic (exact) mass is 440 g/mol. The van der Waals surface area contributed by atoms with Crippen LogP contribution in [0, 0.1) is 0 Å². The lowest BCUT2D eigenvalue weighted by atomic mass is 9.93. The number of halogens is 1. The van der Waals surface area contributed by atoms with E-state index < -0.39 is 0 Å². The third-order valence-electron chi connectivity index (χ3n) is 6.61. The van der Waals surface area contributed by atoms with Gasteiger partial charge in [0.25, 0.3) is 0 Å². The van der Waals surface area contributed by atoms with Gasteiger partial charge in [-0.3, -0.25) is 4.90 Å². The molecule has 0 bridgehead atoms. The molecule has 32 heavy (non-hydrogen) atoms.